The van der Waals surface area contributed by atoms with Gasteiger partial charge in [0, 0.05) is 35.9 Å². The molecule has 0 fully saturated rings. The minimum absolute atomic E-state index is 0.0389. The third kappa shape index (κ3) is 4.94. The molecule has 2 amide bonds. The van der Waals surface area contributed by atoms with E-state index in [4.69, 9.17) is 4.74 Å². The summed E-state index contributed by atoms with van der Waals surface area (Å²) in [6, 6.07) is 14.1. The molecule has 2 N–H and O–H groups in total. The number of likely N-dealkylation sites (N-methyl/N-ethyl adjacent to an activating group) is 1. The van der Waals surface area contributed by atoms with Crippen molar-refractivity contribution in [2.45, 2.75) is 6.92 Å². The molecule has 3 rings (SSSR count). The largest absolute Gasteiger partial charge is 0.484 e. The maximum absolute atomic E-state index is 12.4. The molecule has 1 heterocycles. The maximum atomic E-state index is 12.4. The molecule has 2 aromatic carbocycles. The highest BCUT2D eigenvalue weighted by molar-refractivity contribution is 6.04. The molecule has 0 unspecified atom stereocenters. The highest BCUT2D eigenvalue weighted by atomic mass is 16.5. The maximum Gasteiger partial charge on any atom is 0.257 e. The summed E-state index contributed by atoms with van der Waals surface area (Å²) in [4.78, 5) is 27.8. The van der Waals surface area contributed by atoms with Crippen molar-refractivity contribution in [2.75, 3.05) is 18.5 Å². The highest BCUT2D eigenvalue weighted by Gasteiger charge is 2.07. The van der Waals surface area contributed by atoms with Crippen molar-refractivity contribution >= 4 is 17.5 Å². The summed E-state index contributed by atoms with van der Waals surface area (Å²) in [5.74, 6) is 0.182. The average Bonchev–Trinajstić information content (AvgIpc) is 3.23. The van der Waals surface area contributed by atoms with Crippen LogP contribution in [-0.2, 0) is 4.79 Å². The Labute approximate surface area is 157 Å². The van der Waals surface area contributed by atoms with Crippen molar-refractivity contribution < 1.29 is 14.3 Å². The Morgan fingerprint density at radius 3 is 2.44 bits per heavy atom. The van der Waals surface area contributed by atoms with Crippen molar-refractivity contribution in [1.82, 2.24) is 14.9 Å². The standard InChI is InChI=1S/C20H20N4O3/c1-2-22-19(25)13-27-18-9-5-16(6-10-18)23-20(26)15-3-7-17(8-4-15)24-12-11-21-14-24/h3-12,14H,2,13H2,1H3,(H,22,25)(H,23,26). The van der Waals surface area contributed by atoms with Gasteiger partial charge in [-0.2, -0.15) is 0 Å². The van der Waals surface area contributed by atoms with Gasteiger partial charge in [-0.1, -0.05) is 0 Å². The van der Waals surface area contributed by atoms with Crippen LogP contribution in [0.15, 0.2) is 67.3 Å². The van der Waals surface area contributed by atoms with Crippen LogP contribution in [0.25, 0.3) is 5.69 Å². The molecule has 0 aliphatic heterocycles. The van der Waals surface area contributed by atoms with E-state index >= 15 is 0 Å². The fraction of sp³-hybridized carbons (Fsp3) is 0.150. The van der Waals surface area contributed by atoms with Gasteiger partial charge in [0.2, 0.25) is 0 Å². The number of hydrogen-bond acceptors (Lipinski definition) is 4. The molecule has 0 spiro atoms. The molecule has 0 atom stereocenters. The van der Waals surface area contributed by atoms with Crippen LogP contribution in [0.5, 0.6) is 5.75 Å². The predicted octanol–water partition coefficient (Wildman–Crippen LogP) is 2.64. The Morgan fingerprint density at radius 1 is 1.07 bits per heavy atom. The normalized spacial score (nSPS) is 10.3. The van der Waals surface area contributed by atoms with Crippen LogP contribution in [0, 0.1) is 0 Å². The Kier molecular flexibility index (Phi) is 5.84. The number of hydrogen-bond donors (Lipinski definition) is 2. The van der Waals surface area contributed by atoms with E-state index in [1.165, 1.54) is 0 Å². The lowest BCUT2D eigenvalue weighted by Gasteiger charge is -2.09. The van der Waals surface area contributed by atoms with E-state index in [0.717, 1.165) is 5.69 Å². The number of carbonyl (C=O) groups excluding carboxylic acids is 2. The van der Waals surface area contributed by atoms with Crippen LogP contribution in [-0.4, -0.2) is 34.5 Å². The quantitative estimate of drug-likeness (QED) is 0.675. The number of carbonyl (C=O) groups is 2. The molecule has 0 bridgehead atoms. The van der Waals surface area contributed by atoms with Crippen LogP contribution in [0.1, 0.15) is 17.3 Å². The first kappa shape index (κ1) is 18.2. The molecule has 1 aromatic heterocycles. The Morgan fingerprint density at radius 2 is 1.81 bits per heavy atom. The summed E-state index contributed by atoms with van der Waals surface area (Å²) in [5, 5.41) is 5.49. The molecule has 0 radical (unpaired) electrons. The third-order valence-corrected chi connectivity index (χ3v) is 3.79. The monoisotopic (exact) mass is 364 g/mol. The van der Waals surface area contributed by atoms with E-state index in [2.05, 4.69) is 15.6 Å². The van der Waals surface area contributed by atoms with E-state index in [9.17, 15) is 9.59 Å². The molecule has 0 aliphatic rings. The molecule has 0 aliphatic carbocycles. The summed E-state index contributed by atoms with van der Waals surface area (Å²) < 4.78 is 7.24. The van der Waals surface area contributed by atoms with Crippen LogP contribution >= 0.6 is 0 Å². The fourth-order valence-corrected chi connectivity index (χ4v) is 2.43. The van der Waals surface area contributed by atoms with Crippen LogP contribution in [0.2, 0.25) is 0 Å². The third-order valence-electron chi connectivity index (χ3n) is 3.79. The van der Waals surface area contributed by atoms with Crippen LogP contribution < -0.4 is 15.4 Å². The molecule has 27 heavy (non-hydrogen) atoms. The summed E-state index contributed by atoms with van der Waals surface area (Å²) >= 11 is 0. The van der Waals surface area contributed by atoms with Crippen molar-refractivity contribution in [3.05, 3.63) is 72.8 Å². The Balaban J connectivity index is 1.56. The van der Waals surface area contributed by atoms with Gasteiger partial charge in [-0.25, -0.2) is 4.98 Å². The SMILES string of the molecule is CCNC(=O)COc1ccc(NC(=O)c2ccc(-n3ccnc3)cc2)cc1. The van der Waals surface area contributed by atoms with Gasteiger partial charge in [0.1, 0.15) is 5.75 Å². The van der Waals surface area contributed by atoms with Crippen LogP contribution in [0.4, 0.5) is 5.69 Å². The van der Waals surface area contributed by atoms with E-state index in [1.807, 2.05) is 29.8 Å². The first-order valence-electron chi connectivity index (χ1n) is 8.55. The van der Waals surface area contributed by atoms with E-state index in [1.54, 1.807) is 48.9 Å². The molecule has 7 heteroatoms. The minimum Gasteiger partial charge on any atom is -0.484 e. The minimum atomic E-state index is -0.205. The number of nitrogens with zero attached hydrogens (tertiary/aromatic N) is 2. The lowest BCUT2D eigenvalue weighted by Crippen LogP contribution is -2.28. The number of rotatable bonds is 7. The smallest absolute Gasteiger partial charge is 0.257 e. The number of benzene rings is 2. The van der Waals surface area contributed by atoms with Gasteiger partial charge in [-0.05, 0) is 55.5 Å². The second kappa shape index (κ2) is 8.66. The number of imidazole rings is 1. The summed E-state index contributed by atoms with van der Waals surface area (Å²) in [7, 11) is 0. The lowest BCUT2D eigenvalue weighted by molar-refractivity contribution is -0.122. The summed E-state index contributed by atoms with van der Waals surface area (Å²) in [6.45, 7) is 2.37. The average molecular weight is 364 g/mol. The number of ether oxygens (including phenoxy) is 1. The lowest BCUT2D eigenvalue weighted by atomic mass is 10.2. The first-order chi connectivity index (χ1) is 13.2. The van der Waals surface area contributed by atoms with Gasteiger partial charge in [0.05, 0.1) is 6.33 Å². The molecule has 138 valence electrons. The van der Waals surface area contributed by atoms with Gasteiger partial charge in [0.25, 0.3) is 11.8 Å². The summed E-state index contributed by atoms with van der Waals surface area (Å²) in [5.41, 5.74) is 2.12. The number of nitrogens with one attached hydrogen (secondary N) is 2. The Hall–Kier alpha value is -3.61. The van der Waals surface area contributed by atoms with Gasteiger partial charge in [-0.15, -0.1) is 0 Å². The molecule has 0 saturated heterocycles. The second-order valence-electron chi connectivity index (χ2n) is 5.74. The first-order valence-corrected chi connectivity index (χ1v) is 8.55. The number of anilines is 1. The van der Waals surface area contributed by atoms with Crippen molar-refractivity contribution in [3.8, 4) is 11.4 Å². The molecule has 3 aromatic rings. The van der Waals surface area contributed by atoms with Crippen molar-refractivity contribution in [2.24, 2.45) is 0 Å². The van der Waals surface area contributed by atoms with E-state index in [0.29, 0.717) is 23.5 Å². The van der Waals surface area contributed by atoms with E-state index in [-0.39, 0.29) is 18.4 Å². The zero-order chi connectivity index (χ0) is 19.1. The fourth-order valence-electron chi connectivity index (χ4n) is 2.43. The van der Waals surface area contributed by atoms with Crippen molar-refractivity contribution in [3.63, 3.8) is 0 Å². The Bertz CT molecular complexity index is 888. The van der Waals surface area contributed by atoms with Crippen LogP contribution in [0.3, 0.4) is 0 Å². The highest BCUT2D eigenvalue weighted by Crippen LogP contribution is 2.17. The second-order valence-corrected chi connectivity index (χ2v) is 5.74. The van der Waals surface area contributed by atoms with E-state index < -0.39 is 0 Å². The summed E-state index contributed by atoms with van der Waals surface area (Å²) in [6.07, 6.45) is 5.24. The van der Waals surface area contributed by atoms with Crippen molar-refractivity contribution in [1.29, 1.82) is 0 Å². The zero-order valence-electron chi connectivity index (χ0n) is 14.9. The number of amides is 2. The van der Waals surface area contributed by atoms with Gasteiger partial charge in [-0.3, -0.25) is 9.59 Å². The molecular formula is C20H20N4O3. The van der Waals surface area contributed by atoms with Gasteiger partial charge >= 0.3 is 0 Å². The number of aromatic nitrogens is 2. The zero-order valence-corrected chi connectivity index (χ0v) is 14.9. The topological polar surface area (TPSA) is 85.3 Å². The van der Waals surface area contributed by atoms with Gasteiger partial charge < -0.3 is 19.9 Å². The van der Waals surface area contributed by atoms with Gasteiger partial charge in [0.15, 0.2) is 6.61 Å². The molecule has 0 saturated carbocycles. The molecular weight excluding hydrogens is 344 g/mol. The molecule has 7 nitrogen and oxygen atoms in total. The predicted molar refractivity (Wildman–Crippen MR) is 102 cm³/mol.